The van der Waals surface area contributed by atoms with Gasteiger partial charge in [0.2, 0.25) is 5.89 Å². The number of likely N-dealkylation sites (tertiary alicyclic amines) is 1. The van der Waals surface area contributed by atoms with E-state index in [-0.39, 0.29) is 5.54 Å². The van der Waals surface area contributed by atoms with Crippen LogP contribution < -0.4 is 5.73 Å². The summed E-state index contributed by atoms with van der Waals surface area (Å²) in [5.74, 6) is 2.71. The van der Waals surface area contributed by atoms with Crippen LogP contribution in [0.2, 0.25) is 0 Å². The molecular weight excluding hydrogens is 240 g/mol. The molecule has 0 radical (unpaired) electrons. The summed E-state index contributed by atoms with van der Waals surface area (Å²) in [6, 6.07) is 0. The number of piperidine rings is 1. The number of hydrogen-bond acceptors (Lipinski definition) is 5. The largest absolute Gasteiger partial charge is 0.339 e. The highest BCUT2D eigenvalue weighted by molar-refractivity contribution is 5.05. The number of hydrogen-bond donors (Lipinski definition) is 1. The van der Waals surface area contributed by atoms with Crippen LogP contribution in [0, 0.1) is 0 Å². The van der Waals surface area contributed by atoms with Crippen LogP contribution in [0.3, 0.4) is 0 Å². The molecule has 5 heteroatoms. The Morgan fingerprint density at radius 1 is 1.32 bits per heavy atom. The van der Waals surface area contributed by atoms with Gasteiger partial charge in [-0.05, 0) is 46.1 Å². The smallest absolute Gasteiger partial charge is 0.229 e. The van der Waals surface area contributed by atoms with E-state index in [0.717, 1.165) is 37.8 Å². The van der Waals surface area contributed by atoms with Crippen LogP contribution in [0.4, 0.5) is 0 Å². The predicted molar refractivity (Wildman–Crippen MR) is 73.0 cm³/mol. The maximum Gasteiger partial charge on any atom is 0.229 e. The average molecular weight is 264 g/mol. The Balaban J connectivity index is 1.63. The van der Waals surface area contributed by atoms with Crippen molar-refractivity contribution >= 4 is 0 Å². The summed E-state index contributed by atoms with van der Waals surface area (Å²) in [5.41, 5.74) is 5.97. The first kappa shape index (κ1) is 13.1. The topological polar surface area (TPSA) is 68.2 Å². The maximum absolute atomic E-state index is 6.11. The van der Waals surface area contributed by atoms with Gasteiger partial charge in [-0.3, -0.25) is 0 Å². The van der Waals surface area contributed by atoms with Gasteiger partial charge in [-0.25, -0.2) is 0 Å². The molecule has 19 heavy (non-hydrogen) atoms. The van der Waals surface area contributed by atoms with Gasteiger partial charge in [0.15, 0.2) is 5.82 Å². The zero-order valence-corrected chi connectivity index (χ0v) is 11.9. The Labute approximate surface area is 114 Å². The fraction of sp³-hybridized carbons (Fsp3) is 0.857. The molecule has 5 nitrogen and oxygen atoms in total. The van der Waals surface area contributed by atoms with Crippen molar-refractivity contribution in [3.63, 3.8) is 0 Å². The molecule has 2 fully saturated rings. The second-order valence-corrected chi connectivity index (χ2v) is 6.83. The lowest BCUT2D eigenvalue weighted by atomic mass is 9.95. The fourth-order valence-corrected chi connectivity index (χ4v) is 2.90. The SMILES string of the molecule is CC(C)(N)CN1CCCC(c2noc(C3CC3)n2)C1. The summed E-state index contributed by atoms with van der Waals surface area (Å²) < 4.78 is 5.37. The van der Waals surface area contributed by atoms with E-state index in [9.17, 15) is 0 Å². The van der Waals surface area contributed by atoms with Gasteiger partial charge in [-0.2, -0.15) is 4.98 Å². The van der Waals surface area contributed by atoms with E-state index in [1.54, 1.807) is 0 Å². The van der Waals surface area contributed by atoms with Crippen molar-refractivity contribution < 1.29 is 4.52 Å². The van der Waals surface area contributed by atoms with Gasteiger partial charge in [0, 0.05) is 30.5 Å². The molecule has 1 unspecified atom stereocenters. The quantitative estimate of drug-likeness (QED) is 0.899. The highest BCUT2D eigenvalue weighted by Crippen LogP contribution is 2.39. The molecule has 2 aliphatic rings. The van der Waals surface area contributed by atoms with Crippen LogP contribution >= 0.6 is 0 Å². The van der Waals surface area contributed by atoms with Crippen LogP contribution in [0.15, 0.2) is 4.52 Å². The lowest BCUT2D eigenvalue weighted by molar-refractivity contribution is 0.171. The van der Waals surface area contributed by atoms with Crippen molar-refractivity contribution in [3.05, 3.63) is 11.7 Å². The summed E-state index contributed by atoms with van der Waals surface area (Å²) >= 11 is 0. The number of aromatic nitrogens is 2. The van der Waals surface area contributed by atoms with Gasteiger partial charge in [0.05, 0.1) is 0 Å². The van der Waals surface area contributed by atoms with Crippen LogP contribution in [-0.2, 0) is 0 Å². The molecule has 3 rings (SSSR count). The minimum Gasteiger partial charge on any atom is -0.339 e. The highest BCUT2D eigenvalue weighted by atomic mass is 16.5. The summed E-state index contributed by atoms with van der Waals surface area (Å²) in [5, 5.41) is 4.19. The van der Waals surface area contributed by atoms with E-state index < -0.39 is 0 Å². The molecule has 1 aliphatic heterocycles. The molecule has 1 aliphatic carbocycles. The molecule has 1 aromatic heterocycles. The Morgan fingerprint density at radius 2 is 2.11 bits per heavy atom. The van der Waals surface area contributed by atoms with E-state index in [1.807, 2.05) is 0 Å². The lowest BCUT2D eigenvalue weighted by Crippen LogP contribution is -2.48. The Bertz CT molecular complexity index is 433. The van der Waals surface area contributed by atoms with Crippen LogP contribution in [0.25, 0.3) is 0 Å². The van der Waals surface area contributed by atoms with E-state index >= 15 is 0 Å². The van der Waals surface area contributed by atoms with Crippen molar-refractivity contribution in [2.45, 2.75) is 56.9 Å². The summed E-state index contributed by atoms with van der Waals surface area (Å²) in [7, 11) is 0. The zero-order valence-electron chi connectivity index (χ0n) is 11.9. The number of nitrogens with two attached hydrogens (primary N) is 1. The predicted octanol–water partition coefficient (Wildman–Crippen LogP) is 1.86. The minimum absolute atomic E-state index is 0.141. The van der Waals surface area contributed by atoms with E-state index in [4.69, 9.17) is 10.3 Å². The molecule has 1 atom stereocenters. The average Bonchev–Trinajstić information content (AvgIpc) is 3.05. The molecule has 2 heterocycles. The molecule has 1 saturated heterocycles. The minimum atomic E-state index is -0.141. The maximum atomic E-state index is 6.11. The fourth-order valence-electron chi connectivity index (χ4n) is 2.90. The second kappa shape index (κ2) is 4.87. The molecule has 0 amide bonds. The van der Waals surface area contributed by atoms with Gasteiger partial charge in [-0.1, -0.05) is 5.16 Å². The monoisotopic (exact) mass is 264 g/mol. The molecule has 2 N–H and O–H groups in total. The van der Waals surface area contributed by atoms with E-state index in [2.05, 4.69) is 28.9 Å². The molecule has 0 aromatic carbocycles. The van der Waals surface area contributed by atoms with Crippen molar-refractivity contribution in [2.24, 2.45) is 5.73 Å². The van der Waals surface area contributed by atoms with Crippen LogP contribution in [-0.4, -0.2) is 40.2 Å². The Kier molecular flexibility index (Phi) is 3.35. The zero-order chi connectivity index (χ0) is 13.5. The second-order valence-electron chi connectivity index (χ2n) is 6.83. The van der Waals surface area contributed by atoms with Crippen molar-refractivity contribution in [1.82, 2.24) is 15.0 Å². The van der Waals surface area contributed by atoms with Crippen LogP contribution in [0.5, 0.6) is 0 Å². The standard InChI is InChI=1S/C14H24N4O/c1-14(2,15)9-18-7-3-4-11(8-18)12-16-13(19-17-12)10-5-6-10/h10-11H,3-9,15H2,1-2H3. The number of rotatable bonds is 4. The van der Waals surface area contributed by atoms with E-state index in [0.29, 0.717) is 11.8 Å². The molecular formula is C14H24N4O. The van der Waals surface area contributed by atoms with Crippen LogP contribution in [0.1, 0.15) is 63.1 Å². The lowest BCUT2D eigenvalue weighted by Gasteiger charge is -2.35. The third-order valence-corrected chi connectivity index (χ3v) is 3.89. The summed E-state index contributed by atoms with van der Waals surface area (Å²) in [6.07, 6.45) is 4.76. The first-order valence-electron chi connectivity index (χ1n) is 7.36. The first-order valence-corrected chi connectivity index (χ1v) is 7.36. The first-order chi connectivity index (χ1) is 9.01. The van der Waals surface area contributed by atoms with Gasteiger partial charge in [0.25, 0.3) is 0 Å². The van der Waals surface area contributed by atoms with E-state index in [1.165, 1.54) is 19.3 Å². The summed E-state index contributed by atoms with van der Waals surface area (Å²) in [6.45, 7) is 7.22. The van der Waals surface area contributed by atoms with Gasteiger partial charge in [-0.15, -0.1) is 0 Å². The van der Waals surface area contributed by atoms with Crippen molar-refractivity contribution in [3.8, 4) is 0 Å². The third kappa shape index (κ3) is 3.34. The highest BCUT2D eigenvalue weighted by Gasteiger charge is 2.32. The van der Waals surface area contributed by atoms with Crippen molar-refractivity contribution in [1.29, 1.82) is 0 Å². The van der Waals surface area contributed by atoms with Gasteiger partial charge >= 0.3 is 0 Å². The number of nitrogens with zero attached hydrogens (tertiary/aromatic N) is 3. The van der Waals surface area contributed by atoms with Gasteiger partial charge in [0.1, 0.15) is 0 Å². The Morgan fingerprint density at radius 3 is 2.79 bits per heavy atom. The molecule has 1 aromatic rings. The van der Waals surface area contributed by atoms with Crippen molar-refractivity contribution in [2.75, 3.05) is 19.6 Å². The third-order valence-electron chi connectivity index (χ3n) is 3.89. The molecule has 106 valence electrons. The Hall–Kier alpha value is -0.940. The normalized spacial score (nSPS) is 25.7. The molecule has 0 spiro atoms. The van der Waals surface area contributed by atoms with Gasteiger partial charge < -0.3 is 15.2 Å². The summed E-state index contributed by atoms with van der Waals surface area (Å²) in [4.78, 5) is 7.02. The molecule has 1 saturated carbocycles. The molecule has 0 bridgehead atoms.